The number of nitrogen functional groups attached to an aromatic ring is 1. The van der Waals surface area contributed by atoms with Gasteiger partial charge in [-0.25, -0.2) is 21.9 Å². The van der Waals surface area contributed by atoms with E-state index in [1.54, 1.807) is 0 Å². The van der Waals surface area contributed by atoms with Crippen molar-refractivity contribution < 1.29 is 17.2 Å². The molecule has 0 unspecified atom stereocenters. The van der Waals surface area contributed by atoms with Gasteiger partial charge in [0.25, 0.3) is 0 Å². The van der Waals surface area contributed by atoms with Crippen LogP contribution in [-0.4, -0.2) is 8.42 Å². The van der Waals surface area contributed by atoms with Crippen molar-refractivity contribution in [2.24, 2.45) is 0 Å². The van der Waals surface area contributed by atoms with Crippen molar-refractivity contribution in [3.05, 3.63) is 59.2 Å². The summed E-state index contributed by atoms with van der Waals surface area (Å²) in [5, 5.41) is 0. The van der Waals surface area contributed by atoms with Gasteiger partial charge in [0.05, 0.1) is 0 Å². The first-order valence-corrected chi connectivity index (χ1v) is 7.57. The van der Waals surface area contributed by atoms with Crippen LogP contribution >= 0.6 is 0 Å². The number of rotatable bonds is 4. The largest absolute Gasteiger partial charge is 0.399 e. The van der Waals surface area contributed by atoms with Gasteiger partial charge in [0.2, 0.25) is 10.0 Å². The minimum atomic E-state index is -4.04. The quantitative estimate of drug-likeness (QED) is 0.851. The highest BCUT2D eigenvalue weighted by atomic mass is 32.2. The van der Waals surface area contributed by atoms with Crippen LogP contribution < -0.4 is 10.5 Å². The molecule has 0 amide bonds. The van der Waals surface area contributed by atoms with E-state index >= 15 is 0 Å². The van der Waals surface area contributed by atoms with Crippen LogP contribution in [0, 0.1) is 18.6 Å². The number of nitrogens with two attached hydrogens (primary N) is 1. The van der Waals surface area contributed by atoms with Crippen LogP contribution in [0.5, 0.6) is 0 Å². The summed E-state index contributed by atoms with van der Waals surface area (Å²) in [5.41, 5.74) is 6.42. The number of benzene rings is 2. The molecule has 0 aliphatic heterocycles. The van der Waals surface area contributed by atoms with E-state index in [1.165, 1.54) is 37.3 Å². The average molecular weight is 312 g/mol. The summed E-state index contributed by atoms with van der Waals surface area (Å²) in [6, 6.07) is 7.74. The third-order valence-electron chi connectivity index (χ3n) is 2.91. The number of aryl methyl sites for hydroxylation is 1. The highest BCUT2D eigenvalue weighted by Gasteiger charge is 2.20. The van der Waals surface area contributed by atoms with Gasteiger partial charge in [-0.2, -0.15) is 0 Å². The van der Waals surface area contributed by atoms with Crippen molar-refractivity contribution in [2.75, 3.05) is 5.73 Å². The maximum absolute atomic E-state index is 13.9. The predicted molar refractivity (Wildman–Crippen MR) is 76.0 cm³/mol. The van der Waals surface area contributed by atoms with E-state index in [4.69, 9.17) is 5.73 Å². The molecule has 0 aromatic heterocycles. The molecule has 0 saturated heterocycles. The molecule has 2 aromatic carbocycles. The van der Waals surface area contributed by atoms with Crippen molar-refractivity contribution >= 4 is 15.7 Å². The van der Waals surface area contributed by atoms with Gasteiger partial charge >= 0.3 is 0 Å². The minimum absolute atomic E-state index is 0.0735. The lowest BCUT2D eigenvalue weighted by Gasteiger charge is -2.10. The molecule has 0 spiro atoms. The van der Waals surface area contributed by atoms with Gasteiger partial charge in [-0.1, -0.05) is 12.1 Å². The molecule has 2 rings (SSSR count). The molecule has 2 aromatic rings. The normalized spacial score (nSPS) is 11.6. The molecule has 21 heavy (non-hydrogen) atoms. The van der Waals surface area contributed by atoms with E-state index in [0.717, 1.165) is 6.07 Å². The molecular formula is C14H14F2N2O2S. The lowest BCUT2D eigenvalue weighted by atomic mass is 10.2. The zero-order valence-electron chi connectivity index (χ0n) is 11.2. The number of anilines is 1. The van der Waals surface area contributed by atoms with Gasteiger partial charge in [-0.15, -0.1) is 0 Å². The Hall–Kier alpha value is -1.99. The molecule has 112 valence electrons. The smallest absolute Gasteiger partial charge is 0.243 e. The summed E-state index contributed by atoms with van der Waals surface area (Å²) in [6.45, 7) is 1.36. The molecule has 0 aliphatic rings. The SMILES string of the molecule is Cc1cc(N)cc(S(=O)(=O)NCc2ccc(F)cc2)c1F. The minimum Gasteiger partial charge on any atom is -0.399 e. The van der Waals surface area contributed by atoms with Crippen molar-refractivity contribution in [1.29, 1.82) is 0 Å². The third kappa shape index (κ3) is 3.56. The molecule has 0 saturated carbocycles. The first kappa shape index (κ1) is 15.4. The summed E-state index contributed by atoms with van der Waals surface area (Å²) < 4.78 is 53.2. The standard InChI is InChI=1S/C14H14F2N2O2S/c1-9-6-12(17)7-13(14(9)16)21(19,20)18-8-10-2-4-11(15)5-3-10/h2-7,18H,8,17H2,1H3. The summed E-state index contributed by atoms with van der Waals surface area (Å²) >= 11 is 0. The Morgan fingerprint density at radius 1 is 1.14 bits per heavy atom. The van der Waals surface area contributed by atoms with Crippen molar-refractivity contribution in [1.82, 2.24) is 4.72 Å². The molecule has 0 radical (unpaired) electrons. The molecule has 0 atom stereocenters. The Morgan fingerprint density at radius 3 is 2.38 bits per heavy atom. The zero-order valence-corrected chi connectivity index (χ0v) is 12.0. The molecule has 0 bridgehead atoms. The Morgan fingerprint density at radius 2 is 1.76 bits per heavy atom. The van der Waals surface area contributed by atoms with Gasteiger partial charge in [-0.3, -0.25) is 0 Å². The fourth-order valence-electron chi connectivity index (χ4n) is 1.82. The van der Waals surface area contributed by atoms with Crippen LogP contribution in [0.4, 0.5) is 14.5 Å². The molecule has 3 N–H and O–H groups in total. The van der Waals surface area contributed by atoms with Gasteiger partial charge in [0.1, 0.15) is 16.5 Å². The van der Waals surface area contributed by atoms with Gasteiger partial charge in [0.15, 0.2) is 0 Å². The van der Waals surface area contributed by atoms with Crippen LogP contribution in [0.2, 0.25) is 0 Å². The fraction of sp³-hybridized carbons (Fsp3) is 0.143. The summed E-state index contributed by atoms with van der Waals surface area (Å²) in [5.74, 6) is -1.25. The summed E-state index contributed by atoms with van der Waals surface area (Å²) in [4.78, 5) is -0.498. The van der Waals surface area contributed by atoms with E-state index in [-0.39, 0.29) is 17.8 Å². The van der Waals surface area contributed by atoms with Crippen molar-refractivity contribution in [2.45, 2.75) is 18.4 Å². The molecule has 0 fully saturated rings. The van der Waals surface area contributed by atoms with E-state index < -0.39 is 26.6 Å². The second-order valence-corrected chi connectivity index (χ2v) is 6.34. The Labute approximate surface area is 121 Å². The second kappa shape index (κ2) is 5.79. The lowest BCUT2D eigenvalue weighted by Crippen LogP contribution is -2.24. The monoisotopic (exact) mass is 312 g/mol. The highest BCUT2D eigenvalue weighted by Crippen LogP contribution is 2.21. The lowest BCUT2D eigenvalue weighted by molar-refractivity contribution is 0.553. The number of hydrogen-bond acceptors (Lipinski definition) is 3. The molecule has 7 heteroatoms. The third-order valence-corrected chi connectivity index (χ3v) is 4.31. The molecule has 4 nitrogen and oxygen atoms in total. The summed E-state index contributed by atoms with van der Waals surface area (Å²) in [6.07, 6.45) is 0. The zero-order chi connectivity index (χ0) is 15.6. The van der Waals surface area contributed by atoms with Crippen LogP contribution in [0.25, 0.3) is 0 Å². The van der Waals surface area contributed by atoms with Gasteiger partial charge in [0, 0.05) is 12.2 Å². The van der Waals surface area contributed by atoms with Crippen LogP contribution in [0.3, 0.4) is 0 Å². The number of hydrogen-bond donors (Lipinski definition) is 2. The molecule has 0 aliphatic carbocycles. The number of nitrogens with one attached hydrogen (secondary N) is 1. The number of sulfonamides is 1. The van der Waals surface area contributed by atoms with Gasteiger partial charge < -0.3 is 5.73 Å². The van der Waals surface area contributed by atoms with Crippen LogP contribution in [0.1, 0.15) is 11.1 Å². The highest BCUT2D eigenvalue weighted by molar-refractivity contribution is 7.89. The Balaban J connectivity index is 2.25. The first-order valence-electron chi connectivity index (χ1n) is 6.09. The molecule has 0 heterocycles. The van der Waals surface area contributed by atoms with E-state index in [1.807, 2.05) is 0 Å². The fourth-order valence-corrected chi connectivity index (χ4v) is 3.02. The molecular weight excluding hydrogens is 298 g/mol. The summed E-state index contributed by atoms with van der Waals surface area (Å²) in [7, 11) is -4.04. The second-order valence-electron chi connectivity index (χ2n) is 4.60. The van der Waals surface area contributed by atoms with Crippen molar-refractivity contribution in [3.63, 3.8) is 0 Å². The maximum atomic E-state index is 13.9. The number of halogens is 2. The van der Waals surface area contributed by atoms with E-state index in [9.17, 15) is 17.2 Å². The topological polar surface area (TPSA) is 72.2 Å². The van der Waals surface area contributed by atoms with Crippen molar-refractivity contribution in [3.8, 4) is 0 Å². The Bertz CT molecular complexity index is 759. The van der Waals surface area contributed by atoms with E-state index in [0.29, 0.717) is 5.56 Å². The predicted octanol–water partition coefficient (Wildman–Crippen LogP) is 2.33. The average Bonchev–Trinajstić information content (AvgIpc) is 2.42. The first-order chi connectivity index (χ1) is 9.79. The van der Waals surface area contributed by atoms with Crippen LogP contribution in [-0.2, 0) is 16.6 Å². The maximum Gasteiger partial charge on any atom is 0.243 e. The van der Waals surface area contributed by atoms with Crippen LogP contribution in [0.15, 0.2) is 41.3 Å². The van der Waals surface area contributed by atoms with Gasteiger partial charge in [-0.05, 0) is 42.3 Å². The Kier molecular flexibility index (Phi) is 4.24. The van der Waals surface area contributed by atoms with E-state index in [2.05, 4.69) is 4.72 Å².